The van der Waals surface area contributed by atoms with E-state index in [2.05, 4.69) is 4.74 Å². The number of aliphatic hydroxyl groups excluding tert-OH is 1. The van der Waals surface area contributed by atoms with Crippen LogP contribution < -0.4 is 9.47 Å². The highest BCUT2D eigenvalue weighted by Gasteiger charge is 2.25. The average Bonchev–Trinajstić information content (AvgIpc) is 3.31. The molecule has 2 aliphatic rings. The molecular weight excluding hydrogens is 290 g/mol. The molecule has 0 spiro atoms. The van der Waals surface area contributed by atoms with Gasteiger partial charge in [-0.15, -0.1) is 0 Å². The van der Waals surface area contributed by atoms with Crippen LogP contribution in [0.5, 0.6) is 11.5 Å². The Balaban J connectivity index is 1.74. The van der Waals surface area contributed by atoms with Gasteiger partial charge in [0.25, 0.3) is 0 Å². The van der Waals surface area contributed by atoms with Gasteiger partial charge in [0.15, 0.2) is 11.5 Å². The second kappa shape index (κ2) is 6.82. The molecule has 2 aliphatic carbocycles. The second-order valence-corrected chi connectivity index (χ2v) is 6.34. The minimum absolute atomic E-state index is 0.107. The predicted molar refractivity (Wildman–Crippen MR) is 78.5 cm³/mol. The van der Waals surface area contributed by atoms with Crippen LogP contribution in [0.1, 0.15) is 50.0 Å². The SMILES string of the molecule is OC1CCC(c2ccc(OC(F)F)c(OCC3CC3)c2)CC1. The highest BCUT2D eigenvalue weighted by molar-refractivity contribution is 5.44. The quantitative estimate of drug-likeness (QED) is 0.859. The third-order valence-electron chi connectivity index (χ3n) is 4.52. The third kappa shape index (κ3) is 4.09. The van der Waals surface area contributed by atoms with Crippen molar-refractivity contribution < 1.29 is 23.4 Å². The fourth-order valence-corrected chi connectivity index (χ4v) is 2.99. The number of rotatable bonds is 6. The number of ether oxygens (including phenoxy) is 2. The van der Waals surface area contributed by atoms with Gasteiger partial charge in [-0.2, -0.15) is 8.78 Å². The third-order valence-corrected chi connectivity index (χ3v) is 4.52. The first kappa shape index (κ1) is 15.5. The second-order valence-electron chi connectivity index (χ2n) is 6.34. The fourth-order valence-electron chi connectivity index (χ4n) is 2.99. The van der Waals surface area contributed by atoms with E-state index in [9.17, 15) is 13.9 Å². The molecule has 0 radical (unpaired) electrons. The van der Waals surface area contributed by atoms with Crippen LogP contribution in [0.3, 0.4) is 0 Å². The number of hydrogen-bond acceptors (Lipinski definition) is 3. The summed E-state index contributed by atoms with van der Waals surface area (Å²) in [5, 5.41) is 9.60. The van der Waals surface area contributed by atoms with Gasteiger partial charge in [-0.25, -0.2) is 0 Å². The Labute approximate surface area is 129 Å². The van der Waals surface area contributed by atoms with E-state index in [0.29, 0.717) is 24.2 Å². The van der Waals surface area contributed by atoms with Gasteiger partial charge in [-0.1, -0.05) is 6.07 Å². The van der Waals surface area contributed by atoms with Crippen LogP contribution in [0.25, 0.3) is 0 Å². The van der Waals surface area contributed by atoms with Crippen LogP contribution in [0.2, 0.25) is 0 Å². The first-order valence-corrected chi connectivity index (χ1v) is 8.01. The zero-order chi connectivity index (χ0) is 15.5. The number of halogens is 2. The molecular formula is C17H22F2O3. The minimum atomic E-state index is -2.85. The van der Waals surface area contributed by atoms with Crippen LogP contribution in [0.4, 0.5) is 8.78 Å². The van der Waals surface area contributed by atoms with Crippen LogP contribution in [-0.4, -0.2) is 24.4 Å². The molecule has 0 aromatic heterocycles. The minimum Gasteiger partial charge on any atom is -0.489 e. The molecule has 1 aromatic rings. The van der Waals surface area contributed by atoms with Crippen molar-refractivity contribution in [2.24, 2.45) is 5.92 Å². The Bertz CT molecular complexity index is 495. The molecule has 2 fully saturated rings. The van der Waals surface area contributed by atoms with Crippen LogP contribution >= 0.6 is 0 Å². The number of hydrogen-bond donors (Lipinski definition) is 1. The Kier molecular flexibility index (Phi) is 4.81. The first-order valence-electron chi connectivity index (χ1n) is 8.01. The van der Waals surface area contributed by atoms with Crippen molar-refractivity contribution in [2.75, 3.05) is 6.61 Å². The summed E-state index contributed by atoms with van der Waals surface area (Å²) in [4.78, 5) is 0. The Morgan fingerprint density at radius 2 is 1.77 bits per heavy atom. The molecule has 0 saturated heterocycles. The van der Waals surface area contributed by atoms with Crippen LogP contribution in [0.15, 0.2) is 18.2 Å². The van der Waals surface area contributed by atoms with Crippen molar-refractivity contribution in [2.45, 2.75) is 57.2 Å². The molecule has 5 heteroatoms. The van der Waals surface area contributed by atoms with E-state index >= 15 is 0 Å². The first-order chi connectivity index (χ1) is 10.6. The average molecular weight is 312 g/mol. The smallest absolute Gasteiger partial charge is 0.387 e. The van der Waals surface area contributed by atoms with Gasteiger partial charge in [0.1, 0.15) is 0 Å². The van der Waals surface area contributed by atoms with Crippen molar-refractivity contribution in [3.8, 4) is 11.5 Å². The summed E-state index contributed by atoms with van der Waals surface area (Å²) in [6.45, 7) is -2.29. The summed E-state index contributed by atoms with van der Waals surface area (Å²) in [5.74, 6) is 1.42. The molecule has 3 nitrogen and oxygen atoms in total. The summed E-state index contributed by atoms with van der Waals surface area (Å²) < 4.78 is 35.3. The highest BCUT2D eigenvalue weighted by atomic mass is 19.3. The van der Waals surface area contributed by atoms with E-state index in [1.807, 2.05) is 12.1 Å². The van der Waals surface area contributed by atoms with E-state index in [-0.39, 0.29) is 11.9 Å². The predicted octanol–water partition coefficient (Wildman–Crippen LogP) is 4.10. The van der Waals surface area contributed by atoms with Crippen LogP contribution in [0, 0.1) is 5.92 Å². The van der Waals surface area contributed by atoms with Gasteiger partial charge in [-0.3, -0.25) is 0 Å². The summed E-state index contributed by atoms with van der Waals surface area (Å²) in [6.07, 6.45) is 5.49. The Morgan fingerprint density at radius 3 is 2.41 bits per heavy atom. The monoisotopic (exact) mass is 312 g/mol. The van der Waals surface area contributed by atoms with Gasteiger partial charge in [0, 0.05) is 0 Å². The van der Waals surface area contributed by atoms with Crippen molar-refractivity contribution in [1.29, 1.82) is 0 Å². The molecule has 0 unspecified atom stereocenters. The lowest BCUT2D eigenvalue weighted by atomic mass is 9.83. The van der Waals surface area contributed by atoms with Gasteiger partial charge >= 0.3 is 6.61 Å². The lowest BCUT2D eigenvalue weighted by Crippen LogP contribution is -2.17. The molecule has 1 N–H and O–H groups in total. The molecule has 0 bridgehead atoms. The fraction of sp³-hybridized carbons (Fsp3) is 0.647. The van der Waals surface area contributed by atoms with Gasteiger partial charge in [-0.05, 0) is 68.1 Å². The Morgan fingerprint density at radius 1 is 1.05 bits per heavy atom. The topological polar surface area (TPSA) is 38.7 Å². The molecule has 0 heterocycles. The Hall–Kier alpha value is -1.36. The van der Waals surface area contributed by atoms with Gasteiger partial charge < -0.3 is 14.6 Å². The standard InChI is InChI=1S/C17H22F2O3/c18-17(19)22-15-8-5-13(12-3-6-14(20)7-4-12)9-16(15)21-10-11-1-2-11/h5,8-9,11-12,14,17,20H,1-4,6-7,10H2. The van der Waals surface area contributed by atoms with Crippen molar-refractivity contribution in [1.82, 2.24) is 0 Å². The number of benzene rings is 1. The molecule has 22 heavy (non-hydrogen) atoms. The summed E-state index contributed by atoms with van der Waals surface area (Å²) in [5.41, 5.74) is 1.08. The number of aliphatic hydroxyl groups is 1. The maximum absolute atomic E-state index is 12.5. The lowest BCUT2D eigenvalue weighted by molar-refractivity contribution is -0.0515. The van der Waals surface area contributed by atoms with Crippen molar-refractivity contribution >= 4 is 0 Å². The maximum atomic E-state index is 12.5. The largest absolute Gasteiger partial charge is 0.489 e. The van der Waals surface area contributed by atoms with Crippen molar-refractivity contribution in [3.05, 3.63) is 23.8 Å². The summed E-state index contributed by atoms with van der Waals surface area (Å²) in [7, 11) is 0. The molecule has 0 amide bonds. The lowest BCUT2D eigenvalue weighted by Gasteiger charge is -2.26. The van der Waals surface area contributed by atoms with Gasteiger partial charge in [0.2, 0.25) is 0 Å². The summed E-state index contributed by atoms with van der Waals surface area (Å²) in [6, 6.07) is 5.25. The molecule has 2 saturated carbocycles. The van der Waals surface area contributed by atoms with E-state index < -0.39 is 6.61 Å². The highest BCUT2D eigenvalue weighted by Crippen LogP contribution is 2.39. The summed E-state index contributed by atoms with van der Waals surface area (Å²) >= 11 is 0. The molecule has 0 atom stereocenters. The molecule has 122 valence electrons. The van der Waals surface area contributed by atoms with E-state index in [1.165, 1.54) is 0 Å². The molecule has 0 aliphatic heterocycles. The zero-order valence-corrected chi connectivity index (χ0v) is 12.5. The molecule has 3 rings (SSSR count). The zero-order valence-electron chi connectivity index (χ0n) is 12.5. The molecule has 1 aromatic carbocycles. The number of alkyl halides is 2. The van der Waals surface area contributed by atoms with Gasteiger partial charge in [0.05, 0.1) is 12.7 Å². The maximum Gasteiger partial charge on any atom is 0.387 e. The van der Waals surface area contributed by atoms with E-state index in [0.717, 1.165) is 44.1 Å². The van der Waals surface area contributed by atoms with Crippen LogP contribution in [-0.2, 0) is 0 Å². The van der Waals surface area contributed by atoms with E-state index in [1.54, 1.807) is 6.07 Å². The normalized spacial score (nSPS) is 25.3. The van der Waals surface area contributed by atoms with E-state index in [4.69, 9.17) is 4.74 Å². The van der Waals surface area contributed by atoms with Crippen molar-refractivity contribution in [3.63, 3.8) is 0 Å².